The smallest absolute Gasteiger partial charge is 0.276 e. The number of likely N-dealkylation sites (N-methyl/N-ethyl adjacent to an activating group) is 1. The minimum Gasteiger partial charge on any atom is -0.378 e. The van der Waals surface area contributed by atoms with Crippen molar-refractivity contribution in [1.82, 2.24) is 10.1 Å². The molecule has 1 aromatic carbocycles. The highest BCUT2D eigenvalue weighted by Crippen LogP contribution is 2.19. The molecule has 2 amide bonds. The predicted octanol–water partition coefficient (Wildman–Crippen LogP) is 1.53. The van der Waals surface area contributed by atoms with Crippen molar-refractivity contribution in [2.75, 3.05) is 50.1 Å². The van der Waals surface area contributed by atoms with Gasteiger partial charge in [0, 0.05) is 37.6 Å². The maximum Gasteiger partial charge on any atom is 0.276 e. The predicted molar refractivity (Wildman–Crippen MR) is 96.3 cm³/mol. The molecule has 0 bridgehead atoms. The first-order chi connectivity index (χ1) is 12.5. The SMILES string of the molecule is Cc1cc(C(=O)N(C)CC(=O)Nc2ccc(N3CCOCC3)cc2)no1. The van der Waals surface area contributed by atoms with Gasteiger partial charge in [-0.2, -0.15) is 0 Å². The van der Waals surface area contributed by atoms with Crippen LogP contribution in [-0.4, -0.2) is 61.8 Å². The molecule has 2 aromatic rings. The van der Waals surface area contributed by atoms with E-state index in [2.05, 4.69) is 15.4 Å². The molecule has 8 nitrogen and oxygen atoms in total. The van der Waals surface area contributed by atoms with E-state index in [1.54, 1.807) is 20.0 Å². The van der Waals surface area contributed by atoms with Crippen LogP contribution in [0.1, 0.15) is 16.2 Å². The summed E-state index contributed by atoms with van der Waals surface area (Å²) in [6, 6.07) is 9.18. The molecule has 0 radical (unpaired) electrons. The molecule has 1 aliphatic rings. The lowest BCUT2D eigenvalue weighted by molar-refractivity contribution is -0.116. The van der Waals surface area contributed by atoms with Crippen LogP contribution in [0.25, 0.3) is 0 Å². The topological polar surface area (TPSA) is 87.9 Å². The fourth-order valence-corrected chi connectivity index (χ4v) is 2.73. The summed E-state index contributed by atoms with van der Waals surface area (Å²) in [6.45, 7) is 4.81. The number of hydrogen-bond donors (Lipinski definition) is 1. The molecule has 1 aromatic heterocycles. The molecular formula is C18H22N4O4. The van der Waals surface area contributed by atoms with E-state index >= 15 is 0 Å². The van der Waals surface area contributed by atoms with Gasteiger partial charge in [-0.3, -0.25) is 9.59 Å². The second-order valence-corrected chi connectivity index (χ2v) is 6.18. The van der Waals surface area contributed by atoms with Crippen molar-refractivity contribution in [2.45, 2.75) is 6.92 Å². The maximum absolute atomic E-state index is 12.2. The molecule has 0 atom stereocenters. The van der Waals surface area contributed by atoms with Gasteiger partial charge in [0.25, 0.3) is 5.91 Å². The number of ether oxygens (including phenoxy) is 1. The van der Waals surface area contributed by atoms with Crippen molar-refractivity contribution < 1.29 is 18.8 Å². The molecule has 2 heterocycles. The third-order valence-electron chi connectivity index (χ3n) is 4.10. The van der Waals surface area contributed by atoms with Gasteiger partial charge in [-0.05, 0) is 31.2 Å². The first-order valence-electron chi connectivity index (χ1n) is 8.44. The summed E-state index contributed by atoms with van der Waals surface area (Å²) in [6.07, 6.45) is 0. The lowest BCUT2D eigenvalue weighted by atomic mass is 10.2. The highest BCUT2D eigenvalue weighted by atomic mass is 16.5. The van der Waals surface area contributed by atoms with Gasteiger partial charge in [0.15, 0.2) is 5.69 Å². The normalized spacial score (nSPS) is 14.2. The molecule has 0 unspecified atom stereocenters. The number of rotatable bonds is 5. The van der Waals surface area contributed by atoms with E-state index in [1.807, 2.05) is 24.3 Å². The van der Waals surface area contributed by atoms with Gasteiger partial charge in [0.05, 0.1) is 19.8 Å². The van der Waals surface area contributed by atoms with Crippen LogP contribution in [0.15, 0.2) is 34.9 Å². The Labute approximate surface area is 151 Å². The number of amides is 2. The summed E-state index contributed by atoms with van der Waals surface area (Å²) < 4.78 is 10.2. The number of morpholine rings is 1. The minimum absolute atomic E-state index is 0.0735. The van der Waals surface area contributed by atoms with E-state index in [4.69, 9.17) is 9.26 Å². The van der Waals surface area contributed by atoms with Gasteiger partial charge in [-0.1, -0.05) is 5.16 Å². The summed E-state index contributed by atoms with van der Waals surface area (Å²) in [7, 11) is 1.55. The third kappa shape index (κ3) is 4.40. The molecule has 1 aliphatic heterocycles. The zero-order valence-corrected chi connectivity index (χ0v) is 14.9. The molecule has 26 heavy (non-hydrogen) atoms. The molecule has 1 saturated heterocycles. The average molecular weight is 358 g/mol. The molecule has 1 N–H and O–H groups in total. The Hall–Kier alpha value is -2.87. The first kappa shape index (κ1) is 17.9. The highest BCUT2D eigenvalue weighted by molar-refractivity contribution is 5.98. The molecule has 0 saturated carbocycles. The van der Waals surface area contributed by atoms with Crippen molar-refractivity contribution in [2.24, 2.45) is 0 Å². The second-order valence-electron chi connectivity index (χ2n) is 6.18. The van der Waals surface area contributed by atoms with Crippen LogP contribution in [0.4, 0.5) is 11.4 Å². The van der Waals surface area contributed by atoms with Crippen LogP contribution in [0.3, 0.4) is 0 Å². The highest BCUT2D eigenvalue weighted by Gasteiger charge is 2.18. The van der Waals surface area contributed by atoms with Crippen molar-refractivity contribution in [3.63, 3.8) is 0 Å². The fourth-order valence-electron chi connectivity index (χ4n) is 2.73. The van der Waals surface area contributed by atoms with Crippen LogP contribution in [0, 0.1) is 6.92 Å². The van der Waals surface area contributed by atoms with E-state index in [1.165, 1.54) is 4.90 Å². The summed E-state index contributed by atoms with van der Waals surface area (Å²) in [4.78, 5) is 27.9. The second kappa shape index (κ2) is 8.01. The largest absolute Gasteiger partial charge is 0.378 e. The zero-order valence-electron chi connectivity index (χ0n) is 14.9. The first-order valence-corrected chi connectivity index (χ1v) is 8.44. The number of hydrogen-bond acceptors (Lipinski definition) is 6. The maximum atomic E-state index is 12.2. The van der Waals surface area contributed by atoms with Crippen molar-refractivity contribution >= 4 is 23.2 Å². The Balaban J connectivity index is 1.53. The fraction of sp³-hybridized carbons (Fsp3) is 0.389. The molecule has 0 aliphatic carbocycles. The number of anilines is 2. The minimum atomic E-state index is -0.361. The van der Waals surface area contributed by atoms with E-state index < -0.39 is 0 Å². The lowest BCUT2D eigenvalue weighted by Crippen LogP contribution is -2.36. The van der Waals surface area contributed by atoms with E-state index in [-0.39, 0.29) is 24.1 Å². The lowest BCUT2D eigenvalue weighted by Gasteiger charge is -2.28. The van der Waals surface area contributed by atoms with Gasteiger partial charge >= 0.3 is 0 Å². The summed E-state index contributed by atoms with van der Waals surface area (Å²) in [5.41, 5.74) is 1.97. The Bertz CT molecular complexity index is 766. The molecule has 0 spiro atoms. The number of nitrogens with zero attached hydrogens (tertiary/aromatic N) is 3. The standard InChI is InChI=1S/C18H22N4O4/c1-13-11-16(20-26-13)18(24)21(2)12-17(23)19-14-3-5-15(6-4-14)22-7-9-25-10-8-22/h3-6,11H,7-10,12H2,1-2H3,(H,19,23). The molecule has 3 rings (SSSR count). The number of carbonyl (C=O) groups excluding carboxylic acids is 2. The van der Waals surface area contributed by atoms with E-state index in [0.29, 0.717) is 11.4 Å². The molecule has 1 fully saturated rings. The summed E-state index contributed by atoms with van der Waals surface area (Å²) in [5, 5.41) is 6.47. The van der Waals surface area contributed by atoms with Gasteiger partial charge in [-0.25, -0.2) is 0 Å². The average Bonchev–Trinajstić information content (AvgIpc) is 3.08. The number of carbonyl (C=O) groups is 2. The summed E-state index contributed by atoms with van der Waals surface area (Å²) in [5.74, 6) is -0.0913. The number of benzene rings is 1. The van der Waals surface area contributed by atoms with Crippen LogP contribution in [0.2, 0.25) is 0 Å². The molecule has 8 heteroatoms. The molecular weight excluding hydrogens is 336 g/mol. The number of nitrogens with one attached hydrogen (secondary N) is 1. The Morgan fingerprint density at radius 2 is 1.92 bits per heavy atom. The van der Waals surface area contributed by atoms with Crippen LogP contribution in [-0.2, 0) is 9.53 Å². The Morgan fingerprint density at radius 1 is 1.23 bits per heavy atom. The van der Waals surface area contributed by atoms with Gasteiger partial charge < -0.3 is 24.4 Å². The van der Waals surface area contributed by atoms with Gasteiger partial charge in [-0.15, -0.1) is 0 Å². The third-order valence-corrected chi connectivity index (χ3v) is 4.10. The van der Waals surface area contributed by atoms with Gasteiger partial charge in [0.1, 0.15) is 5.76 Å². The van der Waals surface area contributed by atoms with E-state index in [9.17, 15) is 9.59 Å². The van der Waals surface area contributed by atoms with Crippen LogP contribution < -0.4 is 10.2 Å². The number of aromatic nitrogens is 1. The molecule has 138 valence electrons. The number of aryl methyl sites for hydroxylation is 1. The van der Waals surface area contributed by atoms with Gasteiger partial charge in [0.2, 0.25) is 5.91 Å². The zero-order chi connectivity index (χ0) is 18.5. The van der Waals surface area contributed by atoms with Crippen molar-refractivity contribution in [3.8, 4) is 0 Å². The van der Waals surface area contributed by atoms with Crippen molar-refractivity contribution in [3.05, 3.63) is 41.8 Å². The Morgan fingerprint density at radius 3 is 2.54 bits per heavy atom. The van der Waals surface area contributed by atoms with Crippen LogP contribution in [0.5, 0.6) is 0 Å². The quantitative estimate of drug-likeness (QED) is 0.872. The monoisotopic (exact) mass is 358 g/mol. The van der Waals surface area contributed by atoms with Crippen LogP contribution >= 0.6 is 0 Å². The van der Waals surface area contributed by atoms with E-state index in [0.717, 1.165) is 32.0 Å². The summed E-state index contributed by atoms with van der Waals surface area (Å²) >= 11 is 0. The van der Waals surface area contributed by atoms with Crippen molar-refractivity contribution in [1.29, 1.82) is 0 Å². The Kier molecular flexibility index (Phi) is 5.52.